The number of carboxylic acid groups (broad SMARTS) is 1. The summed E-state index contributed by atoms with van der Waals surface area (Å²) in [4.78, 5) is 65.4. The quantitative estimate of drug-likeness (QED) is 0.203. The fourth-order valence-electron chi connectivity index (χ4n) is 7.82. The van der Waals surface area contributed by atoms with E-state index >= 15 is 0 Å². The summed E-state index contributed by atoms with van der Waals surface area (Å²) in [6.45, 7) is 2.36. The minimum atomic E-state index is -1.46. The first-order chi connectivity index (χ1) is 26.6. The van der Waals surface area contributed by atoms with Crippen molar-refractivity contribution < 1.29 is 43.2 Å². The average Bonchev–Trinajstić information content (AvgIpc) is 3.60. The first-order valence-corrected chi connectivity index (χ1v) is 20.7. The lowest BCUT2D eigenvalue weighted by Gasteiger charge is -2.29. The van der Waals surface area contributed by atoms with Crippen LogP contribution in [0.5, 0.6) is 16.7 Å². The van der Waals surface area contributed by atoms with Crippen molar-refractivity contribution in [2.45, 2.75) is 107 Å². The lowest BCUT2D eigenvalue weighted by molar-refractivity contribution is -0.145. The SMILES string of the molecule is CCOc1nc(-c2cc(O[C@@H]3C[C@H]4C(=O)N[C@]5(C(=O)O)C[C@H]5/C=C\CCCCC[C@H](NC(=O)OC5CCCC5)C(=O)N4C3)c3ccc(OC)c(Br)c3n2)cs1. The number of carboxylic acids is 1. The Balaban J connectivity index is 1.22. The highest BCUT2D eigenvalue weighted by molar-refractivity contribution is 9.10. The molecule has 3 N–H and O–H groups in total. The Morgan fingerprint density at radius 3 is 2.64 bits per heavy atom. The fourth-order valence-corrected chi connectivity index (χ4v) is 9.14. The van der Waals surface area contributed by atoms with E-state index in [1.807, 2.05) is 30.5 Å². The van der Waals surface area contributed by atoms with Gasteiger partial charge in [-0.1, -0.05) is 36.3 Å². The first kappa shape index (κ1) is 38.8. The number of halogens is 1. The number of aliphatic carboxylic acids is 1. The number of carbonyl (C=O) groups excluding carboxylic acids is 3. The third-order valence-electron chi connectivity index (χ3n) is 10.9. The third kappa shape index (κ3) is 8.39. The largest absolute Gasteiger partial charge is 0.495 e. The van der Waals surface area contributed by atoms with Gasteiger partial charge in [0.05, 0.1) is 35.9 Å². The summed E-state index contributed by atoms with van der Waals surface area (Å²) in [5.41, 5.74) is 0.191. The Bertz CT molecular complexity index is 1970. The van der Waals surface area contributed by atoms with Gasteiger partial charge in [-0.15, -0.1) is 0 Å². The molecule has 294 valence electrons. The van der Waals surface area contributed by atoms with E-state index in [1.165, 1.54) is 16.2 Å². The molecule has 0 spiro atoms. The van der Waals surface area contributed by atoms with E-state index in [-0.39, 0.29) is 31.4 Å². The minimum absolute atomic E-state index is 0.0117. The smallest absolute Gasteiger partial charge is 0.408 e. The predicted molar refractivity (Wildman–Crippen MR) is 207 cm³/mol. The Morgan fingerprint density at radius 2 is 1.87 bits per heavy atom. The van der Waals surface area contributed by atoms with E-state index in [0.717, 1.165) is 44.9 Å². The van der Waals surface area contributed by atoms with E-state index in [4.69, 9.17) is 23.9 Å². The van der Waals surface area contributed by atoms with Crippen LogP contribution in [-0.2, 0) is 19.1 Å². The van der Waals surface area contributed by atoms with Gasteiger partial charge in [-0.25, -0.2) is 19.6 Å². The number of fused-ring (bicyclic) bond motifs is 3. The van der Waals surface area contributed by atoms with Crippen LogP contribution in [0.25, 0.3) is 22.3 Å². The van der Waals surface area contributed by atoms with E-state index in [1.54, 1.807) is 19.2 Å². The molecule has 0 unspecified atom stereocenters. The molecule has 3 amide bonds. The van der Waals surface area contributed by atoms with Gasteiger partial charge in [-0.05, 0) is 86.4 Å². The highest BCUT2D eigenvalue weighted by atomic mass is 79.9. The van der Waals surface area contributed by atoms with Gasteiger partial charge in [0.25, 0.3) is 5.19 Å². The number of nitrogens with one attached hydrogen (secondary N) is 2. The second kappa shape index (κ2) is 16.7. The van der Waals surface area contributed by atoms with Crippen molar-refractivity contribution in [3.05, 3.63) is 40.2 Å². The molecule has 14 nitrogen and oxygen atoms in total. The average molecular weight is 841 g/mol. The van der Waals surface area contributed by atoms with Crippen molar-refractivity contribution in [1.29, 1.82) is 0 Å². The summed E-state index contributed by atoms with van der Waals surface area (Å²) in [7, 11) is 1.56. The number of aromatic nitrogens is 2. The molecule has 55 heavy (non-hydrogen) atoms. The number of thiazole rings is 1. The van der Waals surface area contributed by atoms with Crippen LogP contribution in [0.1, 0.15) is 77.6 Å². The third-order valence-corrected chi connectivity index (χ3v) is 12.4. The van der Waals surface area contributed by atoms with Crippen LogP contribution >= 0.6 is 27.3 Å². The molecule has 1 aromatic carbocycles. The molecule has 7 rings (SSSR count). The molecule has 4 heterocycles. The molecule has 2 saturated carbocycles. The monoisotopic (exact) mass is 839 g/mol. The van der Waals surface area contributed by atoms with Crippen molar-refractivity contribution >= 4 is 62.0 Å². The summed E-state index contributed by atoms with van der Waals surface area (Å²) >= 11 is 4.99. The Labute approximate surface area is 331 Å². The van der Waals surface area contributed by atoms with Crippen LogP contribution in [0, 0.1) is 5.92 Å². The lowest BCUT2D eigenvalue weighted by atomic mass is 10.0. The zero-order valence-corrected chi connectivity index (χ0v) is 33.3. The van der Waals surface area contributed by atoms with Crippen LogP contribution in [0.3, 0.4) is 0 Å². The highest BCUT2D eigenvalue weighted by Gasteiger charge is 2.61. The van der Waals surface area contributed by atoms with Crippen LogP contribution < -0.4 is 24.8 Å². The standard InChI is InChI=1S/C39H46BrN5O9S/c1-3-52-38-43-28(21-55-38)27-18-31(25-15-16-30(51-2)32(40)33(25)41-27)53-24-17-29-34(46)44-39(36(48)49)19-22(39)11-7-5-4-6-8-14-26(35(47)45(29)20-24)42-37(50)54-23-12-9-10-13-23/h7,11,15-16,18,21-24,26,29H,3-6,8-10,12-14,17,19-20H2,1-2H3,(H,42,50)(H,44,46)(H,48,49)/b11-7-/t22-,24-,26+,29+,39-/m1/s1. The molecule has 2 aliphatic carbocycles. The normalized spacial score (nSPS) is 26.6. The van der Waals surface area contributed by atoms with Gasteiger partial charge in [-0.2, -0.15) is 0 Å². The van der Waals surface area contributed by atoms with Crippen molar-refractivity contribution in [2.75, 3.05) is 20.3 Å². The summed E-state index contributed by atoms with van der Waals surface area (Å²) in [5.74, 6) is -1.50. The number of pyridine rings is 1. The Hall–Kier alpha value is -4.44. The summed E-state index contributed by atoms with van der Waals surface area (Å²) in [6.07, 6.45) is 9.57. The molecule has 2 aromatic heterocycles. The zero-order chi connectivity index (χ0) is 38.7. The fraction of sp³-hybridized carbons (Fsp3) is 0.538. The van der Waals surface area contributed by atoms with Crippen molar-refractivity contribution in [1.82, 2.24) is 25.5 Å². The number of hydrogen-bond donors (Lipinski definition) is 3. The maximum Gasteiger partial charge on any atom is 0.408 e. The van der Waals surface area contributed by atoms with Gasteiger partial charge >= 0.3 is 12.1 Å². The van der Waals surface area contributed by atoms with Gasteiger partial charge in [0.1, 0.15) is 47.0 Å². The number of carbonyl (C=O) groups is 4. The van der Waals surface area contributed by atoms with Crippen molar-refractivity contribution in [2.24, 2.45) is 5.92 Å². The van der Waals surface area contributed by atoms with Crippen molar-refractivity contribution in [3.8, 4) is 28.1 Å². The zero-order valence-electron chi connectivity index (χ0n) is 30.9. The van der Waals surface area contributed by atoms with E-state index in [2.05, 4.69) is 31.5 Å². The van der Waals surface area contributed by atoms with E-state index in [0.29, 0.717) is 62.9 Å². The molecule has 3 aromatic rings. The van der Waals surface area contributed by atoms with E-state index in [9.17, 15) is 24.3 Å². The number of allylic oxidation sites excluding steroid dienone is 1. The number of nitrogens with zero attached hydrogens (tertiary/aromatic N) is 3. The second-order valence-corrected chi connectivity index (χ2v) is 16.2. The predicted octanol–water partition coefficient (Wildman–Crippen LogP) is 6.39. The maximum atomic E-state index is 14.6. The number of amides is 3. The second-order valence-electron chi connectivity index (χ2n) is 14.5. The number of hydrogen-bond acceptors (Lipinski definition) is 11. The van der Waals surface area contributed by atoms with Gasteiger partial charge in [0.2, 0.25) is 11.8 Å². The molecule has 2 aliphatic heterocycles. The maximum absolute atomic E-state index is 14.6. The van der Waals surface area contributed by atoms with Crippen LogP contribution in [0.4, 0.5) is 4.79 Å². The van der Waals surface area contributed by atoms with Gasteiger partial charge in [0.15, 0.2) is 0 Å². The molecule has 4 aliphatic rings. The van der Waals surface area contributed by atoms with Gasteiger partial charge < -0.3 is 39.6 Å². The summed E-state index contributed by atoms with van der Waals surface area (Å²) < 4.78 is 24.2. The molecular formula is C39H46BrN5O9S. The minimum Gasteiger partial charge on any atom is -0.495 e. The lowest BCUT2D eigenvalue weighted by Crippen LogP contribution is -2.56. The van der Waals surface area contributed by atoms with Gasteiger partial charge in [0, 0.05) is 29.2 Å². The van der Waals surface area contributed by atoms with Crippen molar-refractivity contribution in [3.63, 3.8) is 0 Å². The number of alkyl carbamates (subject to hydrolysis) is 1. The number of ether oxygens (including phenoxy) is 4. The van der Waals surface area contributed by atoms with Crippen LogP contribution in [0.2, 0.25) is 0 Å². The number of methoxy groups -OCH3 is 1. The van der Waals surface area contributed by atoms with Gasteiger partial charge in [-0.3, -0.25) is 9.59 Å². The first-order valence-electron chi connectivity index (χ1n) is 19.0. The molecular weight excluding hydrogens is 794 g/mol. The summed E-state index contributed by atoms with van der Waals surface area (Å²) in [5, 5.41) is 18.9. The molecule has 0 bridgehead atoms. The van der Waals surface area contributed by atoms with Crippen LogP contribution in [0.15, 0.2) is 40.2 Å². The van der Waals surface area contributed by atoms with Crippen LogP contribution in [-0.4, -0.2) is 93.9 Å². The summed E-state index contributed by atoms with van der Waals surface area (Å²) in [6, 6.07) is 3.38. The Kier molecular flexibility index (Phi) is 11.8. The molecule has 16 heteroatoms. The number of rotatable bonds is 9. The molecule has 1 saturated heterocycles. The van der Waals surface area contributed by atoms with E-state index < -0.39 is 47.6 Å². The molecule has 3 fully saturated rings. The Morgan fingerprint density at radius 1 is 1.07 bits per heavy atom. The highest BCUT2D eigenvalue weighted by Crippen LogP contribution is 2.46. The topological polar surface area (TPSA) is 179 Å². The molecule has 5 atom stereocenters. The molecule has 0 radical (unpaired) electrons. The number of benzene rings is 1.